The summed E-state index contributed by atoms with van der Waals surface area (Å²) in [4.78, 5) is 47.6. The molecule has 2 aromatic rings. The van der Waals surface area contributed by atoms with Gasteiger partial charge in [0, 0.05) is 17.8 Å². The van der Waals surface area contributed by atoms with Crippen molar-refractivity contribution in [2.45, 2.75) is 27.7 Å². The summed E-state index contributed by atoms with van der Waals surface area (Å²) in [6, 6.07) is 5.02. The van der Waals surface area contributed by atoms with E-state index in [4.69, 9.17) is 9.47 Å². The molecule has 0 fully saturated rings. The first-order chi connectivity index (χ1) is 16.1. The van der Waals surface area contributed by atoms with Crippen molar-refractivity contribution >= 4 is 45.6 Å². The first kappa shape index (κ1) is 26.1. The van der Waals surface area contributed by atoms with Gasteiger partial charge in [0.05, 0.1) is 18.1 Å². The Kier molecular flexibility index (Phi) is 8.95. The Morgan fingerprint density at radius 2 is 1.71 bits per heavy atom. The number of nitrogens with zero attached hydrogens (tertiary/aromatic N) is 3. The molecule has 0 aliphatic heterocycles. The number of carbonyl (C=O) groups excluding carboxylic acids is 3. The fraction of sp³-hybridized carbons (Fsp3) is 0.286. The Bertz CT molecular complexity index is 1160. The molecular weight excluding hydrogens is 468 g/mol. The van der Waals surface area contributed by atoms with E-state index >= 15 is 0 Å². The summed E-state index contributed by atoms with van der Waals surface area (Å²) >= 11 is 0.826. The van der Waals surface area contributed by atoms with Gasteiger partial charge in [-0.05, 0) is 45.4 Å². The van der Waals surface area contributed by atoms with Gasteiger partial charge in [-0.25, -0.2) is 9.59 Å². The monoisotopic (exact) mass is 490 g/mol. The molecule has 1 aromatic carbocycles. The van der Waals surface area contributed by atoms with Gasteiger partial charge in [-0.15, -0.1) is 21.6 Å². The van der Waals surface area contributed by atoms with E-state index in [2.05, 4.69) is 15.5 Å². The number of esters is 2. The highest BCUT2D eigenvalue weighted by atomic mass is 32.1. The Hall–Kier alpha value is -4.13. The number of ether oxygens (including phenoxy) is 2. The fourth-order valence-electron chi connectivity index (χ4n) is 2.64. The van der Waals surface area contributed by atoms with E-state index in [1.807, 2.05) is 0 Å². The number of nitrogens with one attached hydrogen (secondary N) is 1. The second-order valence-corrected chi connectivity index (χ2v) is 7.57. The molecule has 0 radical (unpaired) electrons. The van der Waals surface area contributed by atoms with E-state index in [0.29, 0.717) is 0 Å². The predicted molar refractivity (Wildman–Crippen MR) is 123 cm³/mol. The highest BCUT2D eigenvalue weighted by Gasteiger charge is 2.27. The average Bonchev–Trinajstić information content (AvgIpc) is 3.10. The summed E-state index contributed by atoms with van der Waals surface area (Å²) in [5.74, 6) is -2.71. The zero-order valence-electron chi connectivity index (χ0n) is 18.8. The van der Waals surface area contributed by atoms with Crippen LogP contribution in [0.15, 0.2) is 46.0 Å². The summed E-state index contributed by atoms with van der Waals surface area (Å²) in [5, 5.41) is 30.8. The molecule has 1 aromatic heterocycles. The summed E-state index contributed by atoms with van der Waals surface area (Å²) in [7, 11) is 0. The quantitative estimate of drug-likeness (QED) is 0.126. The van der Waals surface area contributed by atoms with E-state index in [0.717, 1.165) is 11.3 Å². The van der Waals surface area contributed by atoms with Crippen molar-refractivity contribution < 1.29 is 33.9 Å². The van der Waals surface area contributed by atoms with Gasteiger partial charge >= 0.3 is 11.9 Å². The first-order valence-corrected chi connectivity index (χ1v) is 10.8. The maximum atomic E-state index is 12.6. The van der Waals surface area contributed by atoms with Crippen LogP contribution in [0.5, 0.6) is 0 Å². The molecule has 2 N–H and O–H groups in total. The molecule has 1 heterocycles. The lowest BCUT2D eigenvalue weighted by atomic mass is 10.1. The maximum Gasteiger partial charge on any atom is 0.348 e. The number of benzene rings is 1. The van der Waals surface area contributed by atoms with E-state index in [1.54, 1.807) is 13.8 Å². The molecule has 0 unspecified atom stereocenters. The molecule has 0 aliphatic rings. The summed E-state index contributed by atoms with van der Waals surface area (Å²) in [6.07, 6.45) is 0. The number of non-ortho nitro benzene ring substituents is 1. The van der Waals surface area contributed by atoms with Gasteiger partial charge in [0.2, 0.25) is 0 Å². The smallest absolute Gasteiger partial charge is 0.348 e. The Morgan fingerprint density at radius 3 is 2.24 bits per heavy atom. The minimum atomic E-state index is -0.853. The summed E-state index contributed by atoms with van der Waals surface area (Å²) in [6.45, 7) is 6.20. The number of aliphatic hydroxyl groups is 1. The lowest BCUT2D eigenvalue weighted by Crippen LogP contribution is -2.14. The molecule has 0 saturated heterocycles. The highest BCUT2D eigenvalue weighted by molar-refractivity contribution is 7.18. The number of aliphatic hydroxyl groups excluding tert-OH is 1. The molecule has 0 spiro atoms. The van der Waals surface area contributed by atoms with Gasteiger partial charge in [-0.2, -0.15) is 0 Å². The Morgan fingerprint density at radius 1 is 1.12 bits per heavy atom. The van der Waals surface area contributed by atoms with Crippen LogP contribution in [0.3, 0.4) is 0 Å². The molecule has 180 valence electrons. The van der Waals surface area contributed by atoms with Crippen LogP contribution in [0.4, 0.5) is 16.4 Å². The first-order valence-electron chi connectivity index (χ1n) is 9.95. The number of thiophene rings is 1. The van der Waals surface area contributed by atoms with Crippen LogP contribution in [-0.2, 0) is 14.3 Å². The van der Waals surface area contributed by atoms with Crippen molar-refractivity contribution in [1.82, 2.24) is 0 Å². The molecule has 0 bridgehead atoms. The van der Waals surface area contributed by atoms with Crippen LogP contribution in [0, 0.1) is 17.0 Å². The number of nitro benzene ring substituents is 1. The lowest BCUT2D eigenvalue weighted by Gasteiger charge is -2.06. The predicted octanol–water partition coefficient (Wildman–Crippen LogP) is 4.83. The minimum absolute atomic E-state index is 0.00984. The van der Waals surface area contributed by atoms with Crippen molar-refractivity contribution in [2.24, 2.45) is 10.2 Å². The van der Waals surface area contributed by atoms with Gasteiger partial charge in [-0.3, -0.25) is 14.9 Å². The van der Waals surface area contributed by atoms with Crippen LogP contribution in [-0.4, -0.2) is 41.1 Å². The van der Waals surface area contributed by atoms with Gasteiger partial charge in [0.15, 0.2) is 10.7 Å². The van der Waals surface area contributed by atoms with E-state index < -0.39 is 34.2 Å². The van der Waals surface area contributed by atoms with Gasteiger partial charge in [0.1, 0.15) is 16.2 Å². The third-order valence-electron chi connectivity index (χ3n) is 4.20. The number of azo groups is 1. The van der Waals surface area contributed by atoms with Crippen molar-refractivity contribution in [3.05, 3.63) is 61.8 Å². The Labute approximate surface area is 198 Å². The molecule has 0 atom stereocenters. The lowest BCUT2D eigenvalue weighted by molar-refractivity contribution is -0.384. The number of nitro groups is 1. The number of anilines is 1. The molecule has 0 aliphatic carbocycles. The minimum Gasteiger partial charge on any atom is -0.510 e. The zero-order chi connectivity index (χ0) is 25.4. The van der Waals surface area contributed by atoms with Gasteiger partial charge in [-0.1, -0.05) is 0 Å². The van der Waals surface area contributed by atoms with Crippen molar-refractivity contribution in [2.75, 3.05) is 18.5 Å². The largest absolute Gasteiger partial charge is 0.510 e. The van der Waals surface area contributed by atoms with Gasteiger partial charge < -0.3 is 19.9 Å². The third kappa shape index (κ3) is 6.22. The van der Waals surface area contributed by atoms with Crippen LogP contribution in [0.25, 0.3) is 0 Å². The Balaban J connectivity index is 2.38. The topological polar surface area (TPSA) is 170 Å². The van der Waals surface area contributed by atoms with Crippen molar-refractivity contribution in [1.29, 1.82) is 0 Å². The number of allylic oxidation sites excluding steroid dienone is 1. The molecule has 0 saturated carbocycles. The highest BCUT2D eigenvalue weighted by Crippen LogP contribution is 2.37. The molecule has 1 amide bonds. The van der Waals surface area contributed by atoms with E-state index in [9.17, 15) is 29.6 Å². The number of hydrogen-bond donors (Lipinski definition) is 2. The molecule has 34 heavy (non-hydrogen) atoms. The third-order valence-corrected chi connectivity index (χ3v) is 5.36. The normalized spacial score (nSPS) is 11.6. The van der Waals surface area contributed by atoms with Crippen LogP contribution >= 0.6 is 11.3 Å². The number of carbonyl (C=O) groups is 3. The molecule has 2 rings (SSSR count). The van der Waals surface area contributed by atoms with Crippen molar-refractivity contribution in [3.63, 3.8) is 0 Å². The summed E-state index contributed by atoms with van der Waals surface area (Å²) < 4.78 is 10.0. The number of amides is 1. The fourth-order valence-corrected chi connectivity index (χ4v) is 3.65. The van der Waals surface area contributed by atoms with E-state index in [1.165, 1.54) is 38.1 Å². The number of hydrogen-bond acceptors (Lipinski definition) is 11. The van der Waals surface area contributed by atoms with Crippen LogP contribution in [0.2, 0.25) is 0 Å². The van der Waals surface area contributed by atoms with E-state index in [-0.39, 0.29) is 45.6 Å². The molecule has 12 nitrogen and oxygen atoms in total. The number of rotatable bonds is 9. The second kappa shape index (κ2) is 11.7. The standard InChI is InChI=1S/C21H22N4O8S/c1-5-32-20(28)15-11(3)17(21(29)33-6-2)34-19(15)24-23-16(12(4)26)18(27)22-13-7-9-14(10-8-13)25(30)31/h7-10,26H,5-6H2,1-4H3,(H,22,27). The SMILES string of the molecule is CCOC(=O)c1sc(N=NC(C(=O)Nc2ccc([N+](=O)[O-])cc2)=C(C)O)c(C(=O)OCC)c1C. The van der Waals surface area contributed by atoms with Gasteiger partial charge in [0.25, 0.3) is 11.6 Å². The van der Waals surface area contributed by atoms with Crippen LogP contribution in [0.1, 0.15) is 46.4 Å². The summed E-state index contributed by atoms with van der Waals surface area (Å²) in [5.41, 5.74) is -0.143. The molecule has 13 heteroatoms. The maximum absolute atomic E-state index is 12.6. The second-order valence-electron chi connectivity index (χ2n) is 6.57. The average molecular weight is 490 g/mol. The van der Waals surface area contributed by atoms with Crippen molar-refractivity contribution in [3.8, 4) is 0 Å². The molecular formula is C21H22N4O8S. The van der Waals surface area contributed by atoms with Crippen LogP contribution < -0.4 is 5.32 Å². The zero-order valence-corrected chi connectivity index (χ0v) is 19.6.